The number of pyridine rings is 1. The van der Waals surface area contributed by atoms with Crippen LogP contribution in [0.15, 0.2) is 41.3 Å². The molecular formula is C22H30ClN3O4. The first-order chi connectivity index (χ1) is 14.2. The Bertz CT molecular complexity index is 869. The summed E-state index contributed by atoms with van der Waals surface area (Å²) in [5.74, 6) is -0.153. The minimum Gasteiger partial charge on any atom is -0.503 e. The van der Waals surface area contributed by atoms with Crippen LogP contribution in [0.1, 0.15) is 31.9 Å². The highest BCUT2D eigenvalue weighted by Crippen LogP contribution is 2.15. The molecule has 2 N–H and O–H groups in total. The Morgan fingerprint density at radius 1 is 1.13 bits per heavy atom. The van der Waals surface area contributed by atoms with Gasteiger partial charge in [0.25, 0.3) is 12.0 Å². The minimum atomic E-state index is -0.354. The van der Waals surface area contributed by atoms with Crippen molar-refractivity contribution in [2.24, 2.45) is 0 Å². The average molecular weight is 436 g/mol. The number of nitrogens with one attached hydrogen (secondary N) is 1. The Morgan fingerprint density at radius 2 is 1.77 bits per heavy atom. The summed E-state index contributed by atoms with van der Waals surface area (Å²) in [5, 5.41) is 14.2. The van der Waals surface area contributed by atoms with Gasteiger partial charge < -0.3 is 19.7 Å². The summed E-state index contributed by atoms with van der Waals surface area (Å²) in [4.78, 5) is 24.2. The van der Waals surface area contributed by atoms with Crippen molar-refractivity contribution in [3.8, 4) is 5.75 Å². The van der Waals surface area contributed by atoms with Crippen molar-refractivity contribution >= 4 is 18.1 Å². The van der Waals surface area contributed by atoms with E-state index in [2.05, 4.69) is 15.0 Å². The lowest BCUT2D eigenvalue weighted by atomic mass is 10.2. The second-order valence-corrected chi connectivity index (χ2v) is 8.54. The number of rotatable bonds is 5. The minimum absolute atomic E-state index is 0.153. The highest BCUT2D eigenvalue weighted by Gasteiger charge is 2.15. The largest absolute Gasteiger partial charge is 0.503 e. The molecule has 0 aliphatic carbocycles. The Kier molecular flexibility index (Phi) is 8.89. The van der Waals surface area contributed by atoms with Gasteiger partial charge in [-0.25, -0.2) is 0 Å². The third-order valence-electron chi connectivity index (χ3n) is 4.49. The summed E-state index contributed by atoms with van der Waals surface area (Å²) in [7, 11) is 0. The zero-order valence-corrected chi connectivity index (χ0v) is 18.5. The molecule has 0 saturated carbocycles. The number of benzene rings is 1. The molecule has 0 atom stereocenters. The number of halogens is 1. The standard InChI is InChI=1S/C17H20ClN3O2.C5H10O2/c18-15-3-1-13(2-4-15)11-21-8-5-14(16(22)17(21)23)12-20-9-6-19-7-10-20;1-5(2,3)7-4-6/h1-5,8,19,22H,6-7,9-12H2;4H,1-3H3. The van der Waals surface area contributed by atoms with E-state index >= 15 is 0 Å². The molecule has 30 heavy (non-hydrogen) atoms. The van der Waals surface area contributed by atoms with Gasteiger partial charge in [0.15, 0.2) is 5.75 Å². The zero-order valence-electron chi connectivity index (χ0n) is 17.7. The van der Waals surface area contributed by atoms with Crippen molar-refractivity contribution in [3.05, 3.63) is 63.0 Å². The van der Waals surface area contributed by atoms with E-state index in [1.54, 1.807) is 18.3 Å². The molecule has 164 valence electrons. The van der Waals surface area contributed by atoms with Gasteiger partial charge in [-0.2, -0.15) is 0 Å². The number of carbonyl (C=O) groups is 1. The van der Waals surface area contributed by atoms with E-state index in [4.69, 9.17) is 11.6 Å². The van der Waals surface area contributed by atoms with Gasteiger partial charge in [0.05, 0.1) is 6.54 Å². The predicted molar refractivity (Wildman–Crippen MR) is 118 cm³/mol. The fourth-order valence-electron chi connectivity index (χ4n) is 2.89. The van der Waals surface area contributed by atoms with Crippen LogP contribution in [0.25, 0.3) is 0 Å². The van der Waals surface area contributed by atoms with Crippen molar-refractivity contribution in [3.63, 3.8) is 0 Å². The first-order valence-corrected chi connectivity index (χ1v) is 10.3. The molecule has 2 heterocycles. The smallest absolute Gasteiger partial charge is 0.293 e. The summed E-state index contributed by atoms with van der Waals surface area (Å²) in [6.45, 7) is 10.7. The number of piperazine rings is 1. The van der Waals surface area contributed by atoms with E-state index in [1.165, 1.54) is 4.57 Å². The molecule has 3 rings (SSSR count). The molecule has 8 heteroatoms. The molecule has 7 nitrogen and oxygen atoms in total. The second-order valence-electron chi connectivity index (χ2n) is 8.10. The molecule has 1 aromatic carbocycles. The van der Waals surface area contributed by atoms with Crippen molar-refractivity contribution in [2.45, 2.75) is 39.5 Å². The Balaban J connectivity index is 0.000000396. The quantitative estimate of drug-likeness (QED) is 0.702. The van der Waals surface area contributed by atoms with E-state index in [0.717, 1.165) is 31.7 Å². The first-order valence-electron chi connectivity index (χ1n) is 9.90. The number of carbonyl (C=O) groups excluding carboxylic acids is 1. The third-order valence-corrected chi connectivity index (χ3v) is 4.75. The average Bonchev–Trinajstić information content (AvgIpc) is 2.70. The van der Waals surface area contributed by atoms with Crippen molar-refractivity contribution < 1.29 is 14.6 Å². The van der Waals surface area contributed by atoms with Crippen LogP contribution in [-0.2, 0) is 22.6 Å². The molecule has 0 bridgehead atoms. The monoisotopic (exact) mass is 435 g/mol. The lowest BCUT2D eigenvalue weighted by molar-refractivity contribution is -0.138. The van der Waals surface area contributed by atoms with Gasteiger partial charge in [-0.1, -0.05) is 23.7 Å². The van der Waals surface area contributed by atoms with Crippen molar-refractivity contribution in [2.75, 3.05) is 26.2 Å². The van der Waals surface area contributed by atoms with Crippen LogP contribution in [0.2, 0.25) is 5.02 Å². The highest BCUT2D eigenvalue weighted by molar-refractivity contribution is 6.30. The maximum Gasteiger partial charge on any atom is 0.293 e. The molecular weight excluding hydrogens is 406 g/mol. The van der Waals surface area contributed by atoms with E-state index in [0.29, 0.717) is 30.1 Å². The van der Waals surface area contributed by atoms with Crippen molar-refractivity contribution in [1.82, 2.24) is 14.8 Å². The Morgan fingerprint density at radius 3 is 2.30 bits per heavy atom. The summed E-state index contributed by atoms with van der Waals surface area (Å²) < 4.78 is 6.06. The van der Waals surface area contributed by atoms with Gasteiger partial charge in [0, 0.05) is 49.5 Å². The lowest BCUT2D eigenvalue weighted by Crippen LogP contribution is -2.43. The Hall–Kier alpha value is -2.35. The molecule has 1 saturated heterocycles. The number of hydrogen-bond acceptors (Lipinski definition) is 6. The van der Waals surface area contributed by atoms with Crippen LogP contribution >= 0.6 is 11.6 Å². The molecule has 2 aromatic rings. The molecule has 1 aromatic heterocycles. The fourth-order valence-corrected chi connectivity index (χ4v) is 3.02. The van der Waals surface area contributed by atoms with E-state index in [1.807, 2.05) is 39.0 Å². The molecule has 0 radical (unpaired) electrons. The molecule has 1 fully saturated rings. The Labute approximate surface area is 182 Å². The number of nitrogens with zero attached hydrogens (tertiary/aromatic N) is 2. The maximum absolute atomic E-state index is 12.4. The number of aromatic hydroxyl groups is 1. The second kappa shape index (κ2) is 11.2. The van der Waals surface area contributed by atoms with Gasteiger partial charge in [-0.15, -0.1) is 0 Å². The SMILES string of the molecule is CC(C)(C)OC=O.O=c1c(O)c(CN2CCNCC2)ccn1Cc1ccc(Cl)cc1. The van der Waals surface area contributed by atoms with Crippen LogP contribution in [0, 0.1) is 0 Å². The normalized spacial score (nSPS) is 14.5. The van der Waals surface area contributed by atoms with E-state index in [-0.39, 0.29) is 16.9 Å². The molecule has 0 unspecified atom stereocenters. The summed E-state index contributed by atoms with van der Waals surface area (Å²) in [5.41, 5.74) is 0.976. The van der Waals surface area contributed by atoms with Crippen LogP contribution in [0.5, 0.6) is 5.75 Å². The summed E-state index contributed by atoms with van der Waals surface area (Å²) in [6.07, 6.45) is 1.74. The van der Waals surface area contributed by atoms with E-state index < -0.39 is 0 Å². The lowest BCUT2D eigenvalue weighted by Gasteiger charge is -2.27. The van der Waals surface area contributed by atoms with Gasteiger partial charge in [-0.3, -0.25) is 14.5 Å². The van der Waals surface area contributed by atoms with Crippen LogP contribution in [-0.4, -0.2) is 52.8 Å². The van der Waals surface area contributed by atoms with Crippen molar-refractivity contribution in [1.29, 1.82) is 0 Å². The topological polar surface area (TPSA) is 83.8 Å². The highest BCUT2D eigenvalue weighted by atomic mass is 35.5. The van der Waals surface area contributed by atoms with Crippen LogP contribution in [0.4, 0.5) is 0 Å². The van der Waals surface area contributed by atoms with Crippen LogP contribution < -0.4 is 10.9 Å². The predicted octanol–water partition coefficient (Wildman–Crippen LogP) is 2.62. The summed E-state index contributed by atoms with van der Waals surface area (Å²) >= 11 is 5.87. The number of aromatic nitrogens is 1. The molecule has 0 spiro atoms. The number of hydrogen-bond donors (Lipinski definition) is 2. The van der Waals surface area contributed by atoms with Crippen LogP contribution in [0.3, 0.4) is 0 Å². The molecule has 0 amide bonds. The maximum atomic E-state index is 12.4. The van der Waals surface area contributed by atoms with E-state index in [9.17, 15) is 14.7 Å². The van der Waals surface area contributed by atoms with Gasteiger partial charge in [0.2, 0.25) is 0 Å². The molecule has 1 aliphatic heterocycles. The van der Waals surface area contributed by atoms with Gasteiger partial charge in [-0.05, 0) is 44.5 Å². The molecule has 1 aliphatic rings. The third kappa shape index (κ3) is 7.82. The fraction of sp³-hybridized carbons (Fsp3) is 0.455. The van der Waals surface area contributed by atoms with Gasteiger partial charge >= 0.3 is 0 Å². The summed E-state index contributed by atoms with van der Waals surface area (Å²) in [6, 6.07) is 9.16. The van der Waals surface area contributed by atoms with Gasteiger partial charge in [0.1, 0.15) is 5.60 Å². The number of ether oxygens (including phenoxy) is 1. The first kappa shape index (κ1) is 23.9. The zero-order chi connectivity index (χ0) is 22.1.